The highest BCUT2D eigenvalue weighted by atomic mass is 32.2. The van der Waals surface area contributed by atoms with E-state index >= 15 is 0 Å². The lowest BCUT2D eigenvalue weighted by Gasteiger charge is -2.22. The van der Waals surface area contributed by atoms with Crippen LogP contribution in [0.4, 0.5) is 5.69 Å². The monoisotopic (exact) mass is 434 g/mol. The van der Waals surface area contributed by atoms with Crippen LogP contribution < -0.4 is 4.31 Å². The third kappa shape index (κ3) is 5.35. The number of methoxy groups -OCH3 is 2. The Hall–Kier alpha value is -3.40. The minimum Gasteiger partial charge on any atom is -0.468 e. The Morgan fingerprint density at radius 3 is 1.97 bits per heavy atom. The summed E-state index contributed by atoms with van der Waals surface area (Å²) in [6, 6.07) is 13.8. The van der Waals surface area contributed by atoms with Crippen molar-refractivity contribution < 1.29 is 32.3 Å². The summed E-state index contributed by atoms with van der Waals surface area (Å²) in [5.74, 6) is -2.19. The first kappa shape index (κ1) is 22.9. The highest BCUT2D eigenvalue weighted by Gasteiger charge is 2.26. The van der Waals surface area contributed by atoms with Gasteiger partial charge in [0.2, 0.25) is 0 Å². The summed E-state index contributed by atoms with van der Waals surface area (Å²) in [5, 5.41) is 0. The number of sulfonamides is 1. The van der Waals surface area contributed by atoms with Crippen LogP contribution in [0, 0.1) is 0 Å². The van der Waals surface area contributed by atoms with Gasteiger partial charge < -0.3 is 14.4 Å². The number of rotatable bonds is 8. The molecular weight excluding hydrogens is 412 g/mol. The number of anilines is 1. The first-order valence-corrected chi connectivity index (χ1v) is 10.2. The van der Waals surface area contributed by atoms with Gasteiger partial charge in [0.05, 0.1) is 24.8 Å². The molecule has 0 aliphatic heterocycles. The van der Waals surface area contributed by atoms with E-state index in [1.54, 1.807) is 30.3 Å². The molecule has 0 aromatic heterocycles. The molecule has 2 aromatic rings. The number of carbonyl (C=O) groups is 3. The number of carbonyl (C=O) groups excluding carboxylic acids is 3. The summed E-state index contributed by atoms with van der Waals surface area (Å²) < 4.78 is 36.2. The maximum Gasteiger partial charge on any atom is 0.325 e. The molecule has 9 nitrogen and oxygen atoms in total. The van der Waals surface area contributed by atoms with Crippen LogP contribution >= 0.6 is 0 Å². The minimum atomic E-state index is -3.95. The second-order valence-electron chi connectivity index (χ2n) is 6.15. The Bertz CT molecular complexity index is 1000. The molecule has 0 radical (unpaired) electrons. The van der Waals surface area contributed by atoms with Gasteiger partial charge in [0.25, 0.3) is 15.9 Å². The molecule has 2 rings (SSSR count). The molecule has 0 unspecified atom stereocenters. The highest BCUT2D eigenvalue weighted by Crippen LogP contribution is 2.22. The van der Waals surface area contributed by atoms with Crippen molar-refractivity contribution >= 4 is 33.6 Å². The Labute approximate surface area is 174 Å². The molecule has 0 spiro atoms. The van der Waals surface area contributed by atoms with Gasteiger partial charge in [-0.3, -0.25) is 18.7 Å². The zero-order valence-electron chi connectivity index (χ0n) is 16.8. The molecule has 0 atom stereocenters. The average molecular weight is 434 g/mol. The Morgan fingerprint density at radius 1 is 0.867 bits per heavy atom. The molecule has 160 valence electrons. The van der Waals surface area contributed by atoms with E-state index in [2.05, 4.69) is 9.47 Å². The zero-order valence-corrected chi connectivity index (χ0v) is 17.6. The molecule has 0 N–H and O–H groups in total. The second kappa shape index (κ2) is 9.88. The maximum atomic E-state index is 13.0. The van der Waals surface area contributed by atoms with Gasteiger partial charge in [-0.15, -0.1) is 0 Å². The summed E-state index contributed by atoms with van der Waals surface area (Å²) in [6.07, 6.45) is 0. The van der Waals surface area contributed by atoms with Crippen LogP contribution in [-0.4, -0.2) is 65.5 Å². The van der Waals surface area contributed by atoms with Gasteiger partial charge in [-0.2, -0.15) is 0 Å². The van der Waals surface area contributed by atoms with E-state index < -0.39 is 41.0 Å². The lowest BCUT2D eigenvalue weighted by Crippen LogP contribution is -2.40. The fourth-order valence-corrected chi connectivity index (χ4v) is 3.79. The third-order valence-corrected chi connectivity index (χ3v) is 6.02. The third-order valence-electron chi connectivity index (χ3n) is 4.24. The lowest BCUT2D eigenvalue weighted by molar-refractivity contribution is -0.144. The summed E-state index contributed by atoms with van der Waals surface area (Å²) >= 11 is 0. The molecule has 0 bridgehead atoms. The number of nitrogens with zero attached hydrogens (tertiary/aromatic N) is 2. The number of amides is 1. The molecular formula is C20H22N2O7S. The van der Waals surface area contributed by atoms with Gasteiger partial charge in [-0.25, -0.2) is 8.42 Å². The Kier molecular flexibility index (Phi) is 7.54. The zero-order chi connectivity index (χ0) is 22.3. The molecule has 0 heterocycles. The molecule has 0 aliphatic carbocycles. The second-order valence-corrected chi connectivity index (χ2v) is 8.12. The van der Waals surface area contributed by atoms with Crippen LogP contribution in [0.1, 0.15) is 10.4 Å². The van der Waals surface area contributed by atoms with E-state index in [-0.39, 0.29) is 10.5 Å². The number of hydrogen-bond acceptors (Lipinski definition) is 7. The molecule has 2 aromatic carbocycles. The van der Waals surface area contributed by atoms with Crippen molar-refractivity contribution in [1.29, 1.82) is 0 Å². The van der Waals surface area contributed by atoms with Crippen molar-refractivity contribution in [2.45, 2.75) is 4.90 Å². The van der Waals surface area contributed by atoms with E-state index in [0.29, 0.717) is 5.69 Å². The van der Waals surface area contributed by atoms with Crippen LogP contribution in [0.5, 0.6) is 0 Å². The first-order valence-electron chi connectivity index (χ1n) is 8.77. The molecule has 1 amide bonds. The van der Waals surface area contributed by atoms with E-state index in [0.717, 1.165) is 23.4 Å². The van der Waals surface area contributed by atoms with Crippen molar-refractivity contribution in [2.75, 3.05) is 38.7 Å². The number of hydrogen-bond donors (Lipinski definition) is 0. The Morgan fingerprint density at radius 2 is 1.43 bits per heavy atom. The van der Waals surface area contributed by atoms with Crippen molar-refractivity contribution in [1.82, 2.24) is 4.90 Å². The van der Waals surface area contributed by atoms with Crippen molar-refractivity contribution in [3.63, 3.8) is 0 Å². The summed E-state index contributed by atoms with van der Waals surface area (Å²) in [7, 11) is -0.250. The highest BCUT2D eigenvalue weighted by molar-refractivity contribution is 7.92. The van der Waals surface area contributed by atoms with E-state index in [9.17, 15) is 22.8 Å². The van der Waals surface area contributed by atoms with E-state index in [4.69, 9.17) is 0 Å². The number of ether oxygens (including phenoxy) is 2. The van der Waals surface area contributed by atoms with Gasteiger partial charge in [-0.1, -0.05) is 24.3 Å². The fraction of sp³-hybridized carbons (Fsp3) is 0.250. The Balaban J connectivity index is 2.36. The number of esters is 2. The van der Waals surface area contributed by atoms with Crippen LogP contribution in [-0.2, 0) is 29.1 Å². The smallest absolute Gasteiger partial charge is 0.325 e. The van der Waals surface area contributed by atoms with Crippen molar-refractivity contribution in [3.05, 3.63) is 60.2 Å². The quantitative estimate of drug-likeness (QED) is 0.576. The molecule has 30 heavy (non-hydrogen) atoms. The van der Waals surface area contributed by atoms with Crippen LogP contribution in [0.15, 0.2) is 59.5 Å². The standard InChI is InChI=1S/C20H22N2O7S/c1-21(16-9-5-4-6-10-16)30(26,27)17-11-7-8-15(12-17)20(25)22(13-18(23)28-2)14-19(24)29-3/h4-12H,13-14H2,1-3H3. The fourth-order valence-electron chi connectivity index (χ4n) is 2.55. The SMILES string of the molecule is COC(=O)CN(CC(=O)OC)C(=O)c1cccc(S(=O)(=O)N(C)c2ccccc2)c1. The predicted octanol–water partition coefficient (Wildman–Crippen LogP) is 1.30. The maximum absolute atomic E-state index is 13.0. The van der Waals surface area contributed by atoms with Gasteiger partial charge >= 0.3 is 11.9 Å². The van der Waals surface area contributed by atoms with E-state index in [1.165, 1.54) is 31.3 Å². The van der Waals surface area contributed by atoms with Crippen molar-refractivity contribution in [3.8, 4) is 0 Å². The molecule has 0 saturated carbocycles. The average Bonchev–Trinajstić information content (AvgIpc) is 2.77. The van der Waals surface area contributed by atoms with Gasteiger partial charge in [-0.05, 0) is 30.3 Å². The molecule has 0 saturated heterocycles. The summed E-state index contributed by atoms with van der Waals surface area (Å²) in [6.45, 7) is -0.989. The van der Waals surface area contributed by atoms with Crippen molar-refractivity contribution in [2.24, 2.45) is 0 Å². The van der Waals surface area contributed by atoms with Crippen LogP contribution in [0.25, 0.3) is 0 Å². The summed E-state index contributed by atoms with van der Waals surface area (Å²) in [4.78, 5) is 36.9. The molecule has 10 heteroatoms. The van der Waals surface area contributed by atoms with E-state index in [1.807, 2.05) is 0 Å². The first-order chi connectivity index (χ1) is 14.2. The molecule has 0 fully saturated rings. The van der Waals surface area contributed by atoms with Crippen LogP contribution in [0.2, 0.25) is 0 Å². The molecule has 0 aliphatic rings. The predicted molar refractivity (Wildman–Crippen MR) is 108 cm³/mol. The number of para-hydroxylation sites is 1. The lowest BCUT2D eigenvalue weighted by atomic mass is 10.2. The van der Waals surface area contributed by atoms with Crippen LogP contribution in [0.3, 0.4) is 0 Å². The largest absolute Gasteiger partial charge is 0.468 e. The topological polar surface area (TPSA) is 110 Å². The summed E-state index contributed by atoms with van der Waals surface area (Å²) in [5.41, 5.74) is 0.442. The number of benzene rings is 2. The minimum absolute atomic E-state index is 0.00894. The van der Waals surface area contributed by atoms with Gasteiger partial charge in [0.15, 0.2) is 0 Å². The van der Waals surface area contributed by atoms with Gasteiger partial charge in [0.1, 0.15) is 13.1 Å². The normalized spacial score (nSPS) is 10.8. The van der Waals surface area contributed by atoms with Gasteiger partial charge in [0, 0.05) is 12.6 Å².